The van der Waals surface area contributed by atoms with Crippen LogP contribution in [0, 0.1) is 5.41 Å². The van der Waals surface area contributed by atoms with Gasteiger partial charge in [-0.3, -0.25) is 4.79 Å². The first-order valence-electron chi connectivity index (χ1n) is 8.19. The standard InChI is InChI=1S/C21H22O4/c1-5-11-21(2)19(14-9-7-6-8-10-14)15-12-17(23-3)18(24-4)13-16(15)25-20(21)22/h5-10,12-13,19H,1,11H2,2-4H3/t19-,21-/m0/s1. The minimum atomic E-state index is -0.740. The minimum absolute atomic E-state index is 0.164. The van der Waals surface area contributed by atoms with E-state index in [9.17, 15) is 4.79 Å². The predicted octanol–water partition coefficient (Wildman–Crippen LogP) is 4.34. The fraction of sp³-hybridized carbons (Fsp3) is 0.286. The van der Waals surface area contributed by atoms with Crippen molar-refractivity contribution in [2.45, 2.75) is 19.3 Å². The van der Waals surface area contributed by atoms with Crippen LogP contribution in [0.1, 0.15) is 30.4 Å². The van der Waals surface area contributed by atoms with Crippen LogP contribution in [0.2, 0.25) is 0 Å². The molecule has 4 heteroatoms. The molecule has 0 unspecified atom stereocenters. The predicted molar refractivity (Wildman–Crippen MR) is 96.4 cm³/mol. The van der Waals surface area contributed by atoms with E-state index >= 15 is 0 Å². The molecule has 0 fully saturated rings. The largest absolute Gasteiger partial charge is 0.493 e. The number of rotatable bonds is 5. The Balaban J connectivity index is 2.26. The summed E-state index contributed by atoms with van der Waals surface area (Å²) in [6.07, 6.45) is 2.28. The van der Waals surface area contributed by atoms with Crippen molar-refractivity contribution < 1.29 is 19.0 Å². The van der Waals surface area contributed by atoms with E-state index < -0.39 is 5.41 Å². The number of fused-ring (bicyclic) bond motifs is 1. The molecule has 0 N–H and O–H groups in total. The second-order valence-corrected chi connectivity index (χ2v) is 6.39. The first-order valence-corrected chi connectivity index (χ1v) is 8.19. The van der Waals surface area contributed by atoms with Crippen LogP contribution in [0.25, 0.3) is 0 Å². The third-order valence-electron chi connectivity index (χ3n) is 4.83. The van der Waals surface area contributed by atoms with Crippen molar-refractivity contribution in [2.75, 3.05) is 14.2 Å². The SMILES string of the molecule is C=CC[C@]1(C)C(=O)Oc2cc(OC)c(OC)cc2[C@@H]1c1ccccc1. The molecule has 1 aliphatic rings. The van der Waals surface area contributed by atoms with Crippen molar-refractivity contribution in [1.82, 2.24) is 0 Å². The van der Waals surface area contributed by atoms with Gasteiger partial charge in [0.25, 0.3) is 0 Å². The summed E-state index contributed by atoms with van der Waals surface area (Å²) in [4.78, 5) is 12.9. The Labute approximate surface area is 148 Å². The molecule has 0 saturated carbocycles. The fourth-order valence-electron chi connectivity index (χ4n) is 3.56. The van der Waals surface area contributed by atoms with Crippen LogP contribution in [0.15, 0.2) is 55.1 Å². The van der Waals surface area contributed by atoms with Crippen molar-refractivity contribution in [1.29, 1.82) is 0 Å². The smallest absolute Gasteiger partial charge is 0.318 e. The summed E-state index contributed by atoms with van der Waals surface area (Å²) in [5.41, 5.74) is 1.22. The molecule has 1 aliphatic heterocycles. The zero-order valence-electron chi connectivity index (χ0n) is 14.7. The highest BCUT2D eigenvalue weighted by molar-refractivity contribution is 5.84. The zero-order valence-corrected chi connectivity index (χ0v) is 14.7. The molecule has 0 bridgehead atoms. The van der Waals surface area contributed by atoms with Gasteiger partial charge in [0, 0.05) is 17.5 Å². The average molecular weight is 338 g/mol. The van der Waals surface area contributed by atoms with Gasteiger partial charge in [-0.15, -0.1) is 6.58 Å². The topological polar surface area (TPSA) is 44.8 Å². The van der Waals surface area contributed by atoms with Crippen LogP contribution in [0.5, 0.6) is 17.2 Å². The van der Waals surface area contributed by atoms with Gasteiger partial charge in [0.15, 0.2) is 11.5 Å². The molecular weight excluding hydrogens is 316 g/mol. The third-order valence-corrected chi connectivity index (χ3v) is 4.83. The Morgan fingerprint density at radius 1 is 1.16 bits per heavy atom. The lowest BCUT2D eigenvalue weighted by molar-refractivity contribution is -0.147. The Morgan fingerprint density at radius 3 is 2.40 bits per heavy atom. The van der Waals surface area contributed by atoms with Crippen LogP contribution < -0.4 is 14.2 Å². The summed E-state index contributed by atoms with van der Waals surface area (Å²) >= 11 is 0. The lowest BCUT2D eigenvalue weighted by atomic mass is 9.66. The number of carbonyl (C=O) groups excluding carboxylic acids is 1. The van der Waals surface area contributed by atoms with Crippen molar-refractivity contribution in [3.05, 3.63) is 66.2 Å². The van der Waals surface area contributed by atoms with E-state index in [1.165, 1.54) is 0 Å². The number of esters is 1. The Hall–Kier alpha value is -2.75. The summed E-state index contributed by atoms with van der Waals surface area (Å²) in [7, 11) is 3.16. The van der Waals surface area contributed by atoms with Gasteiger partial charge in [-0.1, -0.05) is 36.4 Å². The maximum atomic E-state index is 12.9. The van der Waals surface area contributed by atoms with Crippen LogP contribution in [-0.4, -0.2) is 20.2 Å². The van der Waals surface area contributed by atoms with E-state index in [-0.39, 0.29) is 11.9 Å². The van der Waals surface area contributed by atoms with Gasteiger partial charge in [0.05, 0.1) is 19.6 Å². The Kier molecular flexibility index (Phi) is 4.53. The number of carbonyl (C=O) groups is 1. The van der Waals surface area contributed by atoms with E-state index in [1.807, 2.05) is 43.3 Å². The summed E-state index contributed by atoms with van der Waals surface area (Å²) < 4.78 is 16.5. The monoisotopic (exact) mass is 338 g/mol. The maximum absolute atomic E-state index is 12.9. The highest BCUT2D eigenvalue weighted by Gasteiger charge is 2.48. The summed E-state index contributed by atoms with van der Waals surface area (Å²) in [6.45, 7) is 5.75. The van der Waals surface area contributed by atoms with E-state index in [1.54, 1.807) is 26.4 Å². The van der Waals surface area contributed by atoms with Crippen LogP contribution in [-0.2, 0) is 4.79 Å². The number of allylic oxidation sites excluding steroid dienone is 1. The Morgan fingerprint density at radius 2 is 1.80 bits per heavy atom. The first-order chi connectivity index (χ1) is 12.0. The van der Waals surface area contributed by atoms with Crippen molar-refractivity contribution in [3.63, 3.8) is 0 Å². The van der Waals surface area contributed by atoms with Crippen LogP contribution in [0.3, 0.4) is 0 Å². The second kappa shape index (κ2) is 6.63. The van der Waals surface area contributed by atoms with Crippen molar-refractivity contribution in [3.8, 4) is 17.2 Å². The normalized spacial score (nSPS) is 21.9. The van der Waals surface area contributed by atoms with Gasteiger partial charge in [0.2, 0.25) is 0 Å². The molecule has 0 aliphatic carbocycles. The molecule has 25 heavy (non-hydrogen) atoms. The van der Waals surface area contributed by atoms with Gasteiger partial charge in [-0.05, 0) is 25.0 Å². The van der Waals surface area contributed by atoms with E-state index in [4.69, 9.17) is 14.2 Å². The number of methoxy groups -OCH3 is 2. The third kappa shape index (κ3) is 2.78. The molecule has 3 rings (SSSR count). The highest BCUT2D eigenvalue weighted by atomic mass is 16.5. The molecule has 0 aromatic heterocycles. The molecule has 1 heterocycles. The van der Waals surface area contributed by atoms with E-state index in [0.717, 1.165) is 11.1 Å². The maximum Gasteiger partial charge on any atom is 0.318 e. The van der Waals surface area contributed by atoms with Gasteiger partial charge < -0.3 is 14.2 Å². The van der Waals surface area contributed by atoms with Gasteiger partial charge in [0.1, 0.15) is 5.75 Å². The molecule has 0 amide bonds. The van der Waals surface area contributed by atoms with Crippen LogP contribution in [0.4, 0.5) is 0 Å². The molecule has 2 aromatic carbocycles. The number of hydrogen-bond acceptors (Lipinski definition) is 4. The summed E-state index contributed by atoms with van der Waals surface area (Å²) in [6, 6.07) is 13.6. The number of ether oxygens (including phenoxy) is 3. The Bertz CT molecular complexity index is 797. The fourth-order valence-corrected chi connectivity index (χ4v) is 3.56. The van der Waals surface area contributed by atoms with Crippen LogP contribution >= 0.6 is 0 Å². The van der Waals surface area contributed by atoms with Crippen molar-refractivity contribution >= 4 is 5.97 Å². The average Bonchev–Trinajstić information content (AvgIpc) is 2.63. The van der Waals surface area contributed by atoms with Gasteiger partial charge in [-0.2, -0.15) is 0 Å². The molecule has 0 spiro atoms. The molecular formula is C21H22O4. The van der Waals surface area contributed by atoms with Gasteiger partial charge in [-0.25, -0.2) is 0 Å². The quantitative estimate of drug-likeness (QED) is 0.462. The number of benzene rings is 2. The molecule has 0 saturated heterocycles. The van der Waals surface area contributed by atoms with Gasteiger partial charge >= 0.3 is 5.97 Å². The van der Waals surface area contributed by atoms with E-state index in [0.29, 0.717) is 23.7 Å². The summed E-state index contributed by atoms with van der Waals surface area (Å²) in [5, 5.41) is 0. The molecule has 4 nitrogen and oxygen atoms in total. The number of hydrogen-bond donors (Lipinski definition) is 0. The molecule has 0 radical (unpaired) electrons. The molecule has 130 valence electrons. The van der Waals surface area contributed by atoms with Crippen molar-refractivity contribution in [2.24, 2.45) is 5.41 Å². The second-order valence-electron chi connectivity index (χ2n) is 6.39. The molecule has 2 atom stereocenters. The highest BCUT2D eigenvalue weighted by Crippen LogP contribution is 2.53. The first kappa shape index (κ1) is 17.1. The molecule has 2 aromatic rings. The van der Waals surface area contributed by atoms with E-state index in [2.05, 4.69) is 6.58 Å². The minimum Gasteiger partial charge on any atom is -0.493 e. The lowest BCUT2D eigenvalue weighted by Gasteiger charge is -2.40. The summed E-state index contributed by atoms with van der Waals surface area (Å²) in [5.74, 6) is 1.23. The lowest BCUT2D eigenvalue weighted by Crippen LogP contribution is -2.41. The zero-order chi connectivity index (χ0) is 18.0.